The summed E-state index contributed by atoms with van der Waals surface area (Å²) in [5, 5.41) is 0. The topological polar surface area (TPSA) is 34.1 Å². The van der Waals surface area contributed by atoms with E-state index in [1.165, 1.54) is 33.4 Å². The van der Waals surface area contributed by atoms with E-state index in [1.54, 1.807) is 0 Å². The maximum atomic E-state index is 13.7. The summed E-state index contributed by atoms with van der Waals surface area (Å²) in [6, 6.07) is 4.04. The summed E-state index contributed by atoms with van der Waals surface area (Å²) in [7, 11) is 0. The van der Waals surface area contributed by atoms with Crippen LogP contribution in [0, 0.1) is 55.4 Å². The Balaban J connectivity index is 1.73. The minimum atomic E-state index is 0.110. The van der Waals surface area contributed by atoms with Gasteiger partial charge in [-0.3, -0.25) is 9.59 Å². The molecule has 0 saturated heterocycles. The zero-order valence-corrected chi connectivity index (χ0v) is 20.4. The number of ketones is 2. The van der Waals surface area contributed by atoms with Crippen LogP contribution < -0.4 is 0 Å². The van der Waals surface area contributed by atoms with E-state index in [0.717, 1.165) is 55.6 Å². The molecule has 0 amide bonds. The molecule has 3 aromatic carbocycles. The smallest absolute Gasteiger partial charge is 0.193 e. The van der Waals surface area contributed by atoms with Crippen LogP contribution in [-0.2, 0) is 12.8 Å². The molecule has 2 heteroatoms. The molecule has 0 saturated carbocycles. The van der Waals surface area contributed by atoms with Gasteiger partial charge in [0.15, 0.2) is 11.6 Å². The lowest BCUT2D eigenvalue weighted by atomic mass is 9.73. The fourth-order valence-corrected chi connectivity index (χ4v) is 5.89. The quantitative estimate of drug-likeness (QED) is 0.288. The number of hydrogen-bond acceptors (Lipinski definition) is 2. The average molecular weight is 423 g/mol. The molecule has 2 nitrogen and oxygen atoms in total. The van der Waals surface area contributed by atoms with E-state index in [4.69, 9.17) is 0 Å². The van der Waals surface area contributed by atoms with Crippen LogP contribution in [0.1, 0.15) is 98.6 Å². The Bertz CT molecular complexity index is 1310. The van der Waals surface area contributed by atoms with E-state index >= 15 is 0 Å². The highest BCUT2D eigenvalue weighted by molar-refractivity contribution is 6.17. The van der Waals surface area contributed by atoms with E-state index in [9.17, 15) is 9.59 Å². The second-order valence-corrected chi connectivity index (χ2v) is 9.89. The predicted molar refractivity (Wildman–Crippen MR) is 130 cm³/mol. The van der Waals surface area contributed by atoms with Crippen LogP contribution in [-0.4, -0.2) is 11.6 Å². The lowest BCUT2D eigenvalue weighted by Gasteiger charge is -2.29. The number of hydrogen-bond donors (Lipinski definition) is 0. The summed E-state index contributed by atoms with van der Waals surface area (Å²) in [6.07, 6.45) is 1.42. The maximum absolute atomic E-state index is 13.7. The summed E-state index contributed by atoms with van der Waals surface area (Å²) in [6.45, 7) is 16.9. The van der Waals surface area contributed by atoms with Crippen molar-refractivity contribution in [3.8, 4) is 0 Å². The zero-order chi connectivity index (χ0) is 23.2. The molecule has 32 heavy (non-hydrogen) atoms. The molecule has 5 rings (SSSR count). The number of carbonyl (C=O) groups excluding carboxylic acids is 2. The first-order valence-electron chi connectivity index (χ1n) is 11.5. The Labute approximate surface area is 190 Å². The lowest BCUT2D eigenvalue weighted by molar-refractivity contribution is 0.102. The van der Waals surface area contributed by atoms with Gasteiger partial charge < -0.3 is 0 Å². The first-order valence-corrected chi connectivity index (χ1v) is 11.5. The number of carbonyl (C=O) groups is 2. The van der Waals surface area contributed by atoms with Crippen molar-refractivity contribution in [2.45, 2.75) is 68.2 Å². The van der Waals surface area contributed by atoms with Gasteiger partial charge >= 0.3 is 0 Å². The van der Waals surface area contributed by atoms with E-state index in [2.05, 4.69) is 55.4 Å². The second-order valence-electron chi connectivity index (χ2n) is 9.89. The summed E-state index contributed by atoms with van der Waals surface area (Å²) >= 11 is 0. The Morgan fingerprint density at radius 1 is 0.469 bits per heavy atom. The molecule has 0 N–H and O–H groups in total. The van der Waals surface area contributed by atoms with Crippen molar-refractivity contribution in [1.29, 1.82) is 0 Å². The molecule has 0 spiro atoms. The van der Waals surface area contributed by atoms with Crippen molar-refractivity contribution < 1.29 is 9.59 Å². The highest BCUT2D eigenvalue weighted by atomic mass is 16.1. The van der Waals surface area contributed by atoms with Gasteiger partial charge in [-0.15, -0.1) is 0 Å². The normalized spacial score (nSPS) is 14.1. The molecule has 0 bridgehead atoms. The monoisotopic (exact) mass is 422 g/mol. The summed E-state index contributed by atoms with van der Waals surface area (Å²) in [4.78, 5) is 27.4. The van der Waals surface area contributed by atoms with Crippen LogP contribution in [0.25, 0.3) is 0 Å². The van der Waals surface area contributed by atoms with E-state index in [-0.39, 0.29) is 11.6 Å². The average Bonchev–Trinajstić information content (AvgIpc) is 2.77. The largest absolute Gasteiger partial charge is 0.289 e. The third kappa shape index (κ3) is 2.53. The molecule has 0 atom stereocenters. The first kappa shape index (κ1) is 20.9. The van der Waals surface area contributed by atoms with Crippen molar-refractivity contribution in [3.63, 3.8) is 0 Å². The molecule has 0 heterocycles. The van der Waals surface area contributed by atoms with Crippen LogP contribution in [0.5, 0.6) is 0 Å². The molecule has 2 aliphatic rings. The standard InChI is InChI=1S/C30H30O2/c1-13-15(3)19(7)27-23(17(13)5)9-21-11-26-22(12-25(21)29(27)31)10-24-18(6)14(2)16(4)20(8)28(24)30(26)32/h11-12H,9-10H2,1-8H3. The fourth-order valence-electron chi connectivity index (χ4n) is 5.89. The van der Waals surface area contributed by atoms with Gasteiger partial charge in [-0.05, 0) is 147 Å². The van der Waals surface area contributed by atoms with Crippen LogP contribution in [0.15, 0.2) is 12.1 Å². The summed E-state index contributed by atoms with van der Waals surface area (Å²) in [5.74, 6) is 0.220. The third-order valence-corrected chi connectivity index (χ3v) is 8.64. The molecule has 0 aliphatic heterocycles. The first-order chi connectivity index (χ1) is 15.0. The van der Waals surface area contributed by atoms with Gasteiger partial charge in [0, 0.05) is 22.3 Å². The van der Waals surface area contributed by atoms with Crippen LogP contribution in [0.3, 0.4) is 0 Å². The number of benzene rings is 3. The van der Waals surface area contributed by atoms with E-state index < -0.39 is 0 Å². The van der Waals surface area contributed by atoms with Crippen molar-refractivity contribution in [2.24, 2.45) is 0 Å². The van der Waals surface area contributed by atoms with Crippen molar-refractivity contribution >= 4 is 11.6 Å². The van der Waals surface area contributed by atoms with Crippen molar-refractivity contribution in [1.82, 2.24) is 0 Å². The molecule has 0 radical (unpaired) electrons. The Morgan fingerprint density at radius 3 is 1.12 bits per heavy atom. The van der Waals surface area contributed by atoms with Gasteiger partial charge in [0.1, 0.15) is 0 Å². The third-order valence-electron chi connectivity index (χ3n) is 8.64. The molecule has 2 aliphatic carbocycles. The van der Waals surface area contributed by atoms with Gasteiger partial charge in [0.05, 0.1) is 0 Å². The van der Waals surface area contributed by atoms with E-state index in [1.807, 2.05) is 12.1 Å². The van der Waals surface area contributed by atoms with Gasteiger partial charge in [0.25, 0.3) is 0 Å². The Morgan fingerprint density at radius 2 is 0.781 bits per heavy atom. The Kier molecular flexibility index (Phi) is 4.40. The second kappa shape index (κ2) is 6.75. The molecular weight excluding hydrogens is 392 g/mol. The van der Waals surface area contributed by atoms with E-state index in [0.29, 0.717) is 12.8 Å². The van der Waals surface area contributed by atoms with Crippen LogP contribution >= 0.6 is 0 Å². The number of rotatable bonds is 0. The molecular formula is C30H30O2. The maximum Gasteiger partial charge on any atom is 0.193 e. The minimum absolute atomic E-state index is 0.110. The molecule has 0 aromatic heterocycles. The van der Waals surface area contributed by atoms with Crippen molar-refractivity contribution in [2.75, 3.05) is 0 Å². The highest BCUT2D eigenvalue weighted by Crippen LogP contribution is 2.40. The molecule has 162 valence electrons. The molecule has 0 unspecified atom stereocenters. The zero-order valence-electron chi connectivity index (χ0n) is 20.4. The molecule has 0 fully saturated rings. The lowest BCUT2D eigenvalue weighted by Crippen LogP contribution is -2.24. The SMILES string of the molecule is Cc1c(C)c(C)c2c(c1C)Cc1cc3c(cc1C2=O)Cc1c(C)c(C)c(C)c(C)c1C3=O. The van der Waals surface area contributed by atoms with Crippen LogP contribution in [0.2, 0.25) is 0 Å². The number of fused-ring (bicyclic) bond motifs is 4. The van der Waals surface area contributed by atoms with Crippen LogP contribution in [0.4, 0.5) is 0 Å². The minimum Gasteiger partial charge on any atom is -0.289 e. The fraction of sp³-hybridized carbons (Fsp3) is 0.333. The van der Waals surface area contributed by atoms with Crippen molar-refractivity contribution in [3.05, 3.63) is 101 Å². The summed E-state index contributed by atoms with van der Waals surface area (Å²) in [5.41, 5.74) is 17.1. The highest BCUT2D eigenvalue weighted by Gasteiger charge is 2.33. The summed E-state index contributed by atoms with van der Waals surface area (Å²) < 4.78 is 0. The van der Waals surface area contributed by atoms with Gasteiger partial charge in [-0.1, -0.05) is 0 Å². The molecule has 3 aromatic rings. The van der Waals surface area contributed by atoms with Gasteiger partial charge in [-0.25, -0.2) is 0 Å². The van der Waals surface area contributed by atoms with Gasteiger partial charge in [-0.2, -0.15) is 0 Å². The predicted octanol–water partition coefficient (Wildman–Crippen LogP) is 6.42. The van der Waals surface area contributed by atoms with Gasteiger partial charge in [0.2, 0.25) is 0 Å². The Hall–Kier alpha value is -3.00.